The van der Waals surface area contributed by atoms with Crippen molar-refractivity contribution in [2.45, 2.75) is 45.3 Å². The zero-order valence-corrected chi connectivity index (χ0v) is 10.4. The van der Waals surface area contributed by atoms with Crippen LogP contribution < -0.4 is 11.3 Å². The van der Waals surface area contributed by atoms with E-state index in [1.165, 1.54) is 25.7 Å². The van der Waals surface area contributed by atoms with Crippen molar-refractivity contribution in [2.24, 2.45) is 11.8 Å². The molecule has 0 saturated heterocycles. The van der Waals surface area contributed by atoms with Gasteiger partial charge in [0.05, 0.1) is 24.1 Å². The molecule has 1 saturated carbocycles. The van der Waals surface area contributed by atoms with E-state index in [1.54, 1.807) is 6.20 Å². The van der Waals surface area contributed by atoms with Crippen LogP contribution in [0.1, 0.15) is 38.3 Å². The van der Waals surface area contributed by atoms with Crippen LogP contribution in [0.4, 0.5) is 5.69 Å². The van der Waals surface area contributed by atoms with E-state index in [0.29, 0.717) is 18.6 Å². The third-order valence-electron chi connectivity index (χ3n) is 3.46. The van der Waals surface area contributed by atoms with Gasteiger partial charge in [0.1, 0.15) is 0 Å². The van der Waals surface area contributed by atoms with Gasteiger partial charge in [0, 0.05) is 6.20 Å². The first-order chi connectivity index (χ1) is 8.29. The van der Waals surface area contributed by atoms with Crippen molar-refractivity contribution >= 4 is 5.69 Å². The first-order valence-electron chi connectivity index (χ1n) is 6.32. The van der Waals surface area contributed by atoms with E-state index in [1.807, 2.05) is 12.1 Å². The highest BCUT2D eigenvalue weighted by molar-refractivity contribution is 5.41. The van der Waals surface area contributed by atoms with E-state index in [-0.39, 0.29) is 0 Å². The minimum atomic E-state index is 0.389. The van der Waals surface area contributed by atoms with Crippen molar-refractivity contribution in [2.75, 3.05) is 5.43 Å². The molecule has 1 aromatic rings. The summed E-state index contributed by atoms with van der Waals surface area (Å²) in [5.74, 6) is 6.03. The summed E-state index contributed by atoms with van der Waals surface area (Å²) in [6.45, 7) is 2.85. The average molecular weight is 235 g/mol. The molecule has 0 aromatic carbocycles. The van der Waals surface area contributed by atoms with Crippen LogP contribution in [0.15, 0.2) is 18.3 Å². The molecule has 4 heteroatoms. The number of ether oxygens (including phenoxy) is 1. The maximum Gasteiger partial charge on any atom is 0.0892 e. The molecule has 1 aliphatic rings. The van der Waals surface area contributed by atoms with E-state index < -0.39 is 0 Å². The van der Waals surface area contributed by atoms with E-state index >= 15 is 0 Å². The van der Waals surface area contributed by atoms with Crippen LogP contribution in [0.5, 0.6) is 0 Å². The summed E-state index contributed by atoms with van der Waals surface area (Å²) in [4.78, 5) is 4.28. The van der Waals surface area contributed by atoms with Gasteiger partial charge >= 0.3 is 0 Å². The number of nitrogens with one attached hydrogen (secondary N) is 1. The number of anilines is 1. The Kier molecular flexibility index (Phi) is 4.34. The zero-order valence-electron chi connectivity index (χ0n) is 10.4. The maximum absolute atomic E-state index is 5.95. The number of rotatable bonds is 4. The van der Waals surface area contributed by atoms with Gasteiger partial charge in [0.2, 0.25) is 0 Å². The van der Waals surface area contributed by atoms with Crippen LogP contribution >= 0.6 is 0 Å². The molecule has 2 unspecified atom stereocenters. The van der Waals surface area contributed by atoms with Crippen LogP contribution in [0.25, 0.3) is 0 Å². The third-order valence-corrected chi connectivity index (χ3v) is 3.46. The SMILES string of the molecule is CC1CCCCC1OCc1cc(NN)ccn1. The monoisotopic (exact) mass is 235 g/mol. The summed E-state index contributed by atoms with van der Waals surface area (Å²) >= 11 is 0. The van der Waals surface area contributed by atoms with Gasteiger partial charge in [-0.3, -0.25) is 10.8 Å². The summed E-state index contributed by atoms with van der Waals surface area (Å²) in [6.07, 6.45) is 7.22. The Bertz CT molecular complexity index is 356. The zero-order chi connectivity index (χ0) is 12.1. The molecule has 0 amide bonds. The van der Waals surface area contributed by atoms with Gasteiger partial charge in [-0.2, -0.15) is 0 Å². The lowest BCUT2D eigenvalue weighted by atomic mass is 9.88. The normalized spacial score (nSPS) is 24.6. The van der Waals surface area contributed by atoms with Gasteiger partial charge in [0.25, 0.3) is 0 Å². The molecule has 1 aromatic heterocycles. The first kappa shape index (κ1) is 12.3. The van der Waals surface area contributed by atoms with Gasteiger partial charge in [-0.05, 0) is 30.9 Å². The van der Waals surface area contributed by atoms with Crippen molar-refractivity contribution in [1.82, 2.24) is 4.98 Å². The molecule has 2 atom stereocenters. The Morgan fingerprint density at radius 3 is 3.06 bits per heavy atom. The van der Waals surface area contributed by atoms with Gasteiger partial charge in [0.15, 0.2) is 0 Å². The topological polar surface area (TPSA) is 60.2 Å². The molecule has 1 aliphatic carbocycles. The number of hydrogen-bond donors (Lipinski definition) is 2. The fraction of sp³-hybridized carbons (Fsp3) is 0.615. The predicted octanol–water partition coefficient (Wildman–Crippen LogP) is 2.46. The van der Waals surface area contributed by atoms with Crippen molar-refractivity contribution in [3.8, 4) is 0 Å². The van der Waals surface area contributed by atoms with E-state index in [4.69, 9.17) is 10.6 Å². The Labute approximate surface area is 103 Å². The van der Waals surface area contributed by atoms with E-state index in [9.17, 15) is 0 Å². The van der Waals surface area contributed by atoms with Gasteiger partial charge in [-0.15, -0.1) is 0 Å². The minimum absolute atomic E-state index is 0.389. The lowest BCUT2D eigenvalue weighted by Gasteiger charge is -2.28. The summed E-state index contributed by atoms with van der Waals surface area (Å²) < 4.78 is 5.95. The molecule has 94 valence electrons. The molecule has 1 fully saturated rings. The molecular weight excluding hydrogens is 214 g/mol. The van der Waals surface area contributed by atoms with Crippen molar-refractivity contribution in [1.29, 1.82) is 0 Å². The lowest BCUT2D eigenvalue weighted by molar-refractivity contribution is -0.0167. The summed E-state index contributed by atoms with van der Waals surface area (Å²) in [6, 6.07) is 3.76. The standard InChI is InChI=1S/C13H21N3O/c1-10-4-2-3-5-13(10)17-9-12-8-11(16-14)6-7-15-12/h6-8,10,13H,2-5,9,14H2,1H3,(H,15,16). The summed E-state index contributed by atoms with van der Waals surface area (Å²) in [7, 11) is 0. The predicted molar refractivity (Wildman–Crippen MR) is 68.3 cm³/mol. The van der Waals surface area contributed by atoms with E-state index in [2.05, 4.69) is 17.3 Å². The molecular formula is C13H21N3O. The largest absolute Gasteiger partial charge is 0.372 e. The number of nitrogen functional groups attached to an aromatic ring is 1. The summed E-state index contributed by atoms with van der Waals surface area (Å²) in [5, 5.41) is 0. The maximum atomic E-state index is 5.95. The fourth-order valence-corrected chi connectivity index (χ4v) is 2.37. The second-order valence-electron chi connectivity index (χ2n) is 4.79. The van der Waals surface area contributed by atoms with Crippen LogP contribution in [-0.4, -0.2) is 11.1 Å². The number of aromatic nitrogens is 1. The number of nitrogens with two attached hydrogens (primary N) is 1. The summed E-state index contributed by atoms with van der Waals surface area (Å²) in [5.41, 5.74) is 4.42. The molecule has 3 N–H and O–H groups in total. The molecule has 0 spiro atoms. The van der Waals surface area contributed by atoms with Gasteiger partial charge in [-0.1, -0.05) is 19.8 Å². The Balaban J connectivity index is 1.88. The Morgan fingerprint density at radius 2 is 2.29 bits per heavy atom. The van der Waals surface area contributed by atoms with Gasteiger partial charge in [-0.25, -0.2) is 0 Å². The van der Waals surface area contributed by atoms with Crippen molar-refractivity contribution in [3.63, 3.8) is 0 Å². The first-order valence-corrected chi connectivity index (χ1v) is 6.32. The Morgan fingerprint density at radius 1 is 1.47 bits per heavy atom. The lowest BCUT2D eigenvalue weighted by Crippen LogP contribution is -2.25. The van der Waals surface area contributed by atoms with E-state index in [0.717, 1.165) is 11.4 Å². The average Bonchev–Trinajstić information content (AvgIpc) is 2.38. The van der Waals surface area contributed by atoms with Crippen LogP contribution in [0, 0.1) is 5.92 Å². The van der Waals surface area contributed by atoms with Crippen LogP contribution in [0.2, 0.25) is 0 Å². The smallest absolute Gasteiger partial charge is 0.0892 e. The number of hydrogen-bond acceptors (Lipinski definition) is 4. The third kappa shape index (κ3) is 3.41. The number of hydrazine groups is 1. The number of nitrogens with zero attached hydrogens (tertiary/aromatic N) is 1. The van der Waals surface area contributed by atoms with Crippen molar-refractivity contribution < 1.29 is 4.74 Å². The minimum Gasteiger partial charge on any atom is -0.372 e. The molecule has 4 nitrogen and oxygen atoms in total. The second kappa shape index (κ2) is 5.98. The Hall–Kier alpha value is -1.13. The molecule has 2 rings (SSSR count). The quantitative estimate of drug-likeness (QED) is 0.621. The van der Waals surface area contributed by atoms with Gasteiger partial charge < -0.3 is 10.2 Å². The molecule has 0 bridgehead atoms. The molecule has 17 heavy (non-hydrogen) atoms. The molecule has 0 radical (unpaired) electrons. The second-order valence-corrected chi connectivity index (χ2v) is 4.79. The molecule has 0 aliphatic heterocycles. The molecule has 1 heterocycles. The van der Waals surface area contributed by atoms with Crippen molar-refractivity contribution in [3.05, 3.63) is 24.0 Å². The fourth-order valence-electron chi connectivity index (χ4n) is 2.37. The highest BCUT2D eigenvalue weighted by Gasteiger charge is 2.21. The van der Waals surface area contributed by atoms with Crippen LogP contribution in [0.3, 0.4) is 0 Å². The van der Waals surface area contributed by atoms with Crippen LogP contribution in [-0.2, 0) is 11.3 Å². The highest BCUT2D eigenvalue weighted by Crippen LogP contribution is 2.26. The number of pyridine rings is 1. The highest BCUT2D eigenvalue weighted by atomic mass is 16.5.